The number of carbonyl (C=O) groups is 1. The molecule has 6 heteroatoms. The van der Waals surface area contributed by atoms with Crippen molar-refractivity contribution in [3.05, 3.63) is 93.0 Å². The number of anilines is 1. The van der Waals surface area contributed by atoms with Gasteiger partial charge in [0, 0.05) is 42.8 Å². The highest BCUT2D eigenvalue weighted by atomic mass is 35.5. The van der Waals surface area contributed by atoms with Crippen LogP contribution in [0.25, 0.3) is 22.2 Å². The molecule has 178 valence electrons. The van der Waals surface area contributed by atoms with Gasteiger partial charge in [0.05, 0.1) is 26.8 Å². The Bertz CT molecular complexity index is 1440. The second-order valence-corrected chi connectivity index (χ2v) is 10.1. The first-order valence-corrected chi connectivity index (χ1v) is 12.5. The number of hydrogen-bond donors (Lipinski definition) is 0. The van der Waals surface area contributed by atoms with Crippen molar-refractivity contribution in [1.82, 2.24) is 9.88 Å². The van der Waals surface area contributed by atoms with Crippen molar-refractivity contribution in [2.24, 2.45) is 0 Å². The van der Waals surface area contributed by atoms with Gasteiger partial charge in [0.15, 0.2) is 0 Å². The van der Waals surface area contributed by atoms with Crippen LogP contribution in [0, 0.1) is 20.8 Å². The van der Waals surface area contributed by atoms with Crippen molar-refractivity contribution < 1.29 is 4.79 Å². The zero-order valence-electron chi connectivity index (χ0n) is 20.1. The van der Waals surface area contributed by atoms with Gasteiger partial charge in [-0.25, -0.2) is 4.98 Å². The smallest absolute Gasteiger partial charge is 0.254 e. The molecule has 0 N–H and O–H groups in total. The number of benzene rings is 3. The van der Waals surface area contributed by atoms with E-state index in [1.54, 1.807) is 0 Å². The van der Waals surface area contributed by atoms with E-state index in [1.807, 2.05) is 48.2 Å². The van der Waals surface area contributed by atoms with Gasteiger partial charge in [0.1, 0.15) is 0 Å². The maximum absolute atomic E-state index is 13.8. The average molecular weight is 504 g/mol. The minimum atomic E-state index is 0.0434. The van der Waals surface area contributed by atoms with Gasteiger partial charge in [-0.15, -0.1) is 0 Å². The maximum Gasteiger partial charge on any atom is 0.254 e. The van der Waals surface area contributed by atoms with E-state index in [9.17, 15) is 4.79 Å². The molecule has 1 saturated heterocycles. The van der Waals surface area contributed by atoms with Crippen LogP contribution in [0.4, 0.5) is 5.69 Å². The van der Waals surface area contributed by atoms with Crippen molar-refractivity contribution >= 4 is 45.7 Å². The van der Waals surface area contributed by atoms with Gasteiger partial charge in [-0.05, 0) is 74.4 Å². The number of aryl methyl sites for hydroxylation is 3. The van der Waals surface area contributed by atoms with E-state index in [1.165, 1.54) is 11.1 Å². The lowest BCUT2D eigenvalue weighted by molar-refractivity contribution is 0.0748. The van der Waals surface area contributed by atoms with Crippen LogP contribution in [-0.2, 0) is 0 Å². The summed E-state index contributed by atoms with van der Waals surface area (Å²) in [6, 6.07) is 20.1. The number of amides is 1. The lowest BCUT2D eigenvalue weighted by atomic mass is 9.99. The largest absolute Gasteiger partial charge is 0.368 e. The highest BCUT2D eigenvalue weighted by Crippen LogP contribution is 2.30. The first-order chi connectivity index (χ1) is 16.8. The molecule has 5 rings (SSSR count). The molecule has 35 heavy (non-hydrogen) atoms. The van der Waals surface area contributed by atoms with Crippen LogP contribution in [0.15, 0.2) is 60.7 Å². The molecule has 1 aliphatic rings. The topological polar surface area (TPSA) is 36.4 Å². The van der Waals surface area contributed by atoms with E-state index in [-0.39, 0.29) is 5.91 Å². The minimum absolute atomic E-state index is 0.0434. The number of piperazine rings is 1. The summed E-state index contributed by atoms with van der Waals surface area (Å²) in [5.74, 6) is 0.0434. The lowest BCUT2D eigenvalue weighted by Crippen LogP contribution is -2.48. The second-order valence-electron chi connectivity index (χ2n) is 9.25. The zero-order chi connectivity index (χ0) is 24.7. The summed E-state index contributed by atoms with van der Waals surface area (Å²) in [5.41, 5.74) is 7.96. The van der Waals surface area contributed by atoms with E-state index in [0.717, 1.165) is 46.5 Å². The highest BCUT2D eigenvalue weighted by molar-refractivity contribution is 6.42. The predicted octanol–water partition coefficient (Wildman–Crippen LogP) is 7.10. The maximum atomic E-state index is 13.8. The number of halogens is 2. The van der Waals surface area contributed by atoms with Gasteiger partial charge in [-0.2, -0.15) is 0 Å². The van der Waals surface area contributed by atoms with Crippen molar-refractivity contribution in [3.8, 4) is 11.3 Å². The van der Waals surface area contributed by atoms with Crippen molar-refractivity contribution in [2.75, 3.05) is 31.1 Å². The first kappa shape index (κ1) is 23.7. The molecule has 0 radical (unpaired) electrons. The predicted molar refractivity (Wildman–Crippen MR) is 146 cm³/mol. The van der Waals surface area contributed by atoms with E-state index >= 15 is 0 Å². The van der Waals surface area contributed by atoms with Crippen molar-refractivity contribution in [1.29, 1.82) is 0 Å². The van der Waals surface area contributed by atoms with Gasteiger partial charge < -0.3 is 9.80 Å². The molecule has 0 saturated carbocycles. The van der Waals surface area contributed by atoms with Crippen LogP contribution < -0.4 is 4.90 Å². The van der Waals surface area contributed by atoms with Gasteiger partial charge in [-0.3, -0.25) is 4.79 Å². The Morgan fingerprint density at radius 3 is 2.29 bits per heavy atom. The Labute approximate surface area is 216 Å². The van der Waals surface area contributed by atoms with Gasteiger partial charge in [0.25, 0.3) is 5.91 Å². The van der Waals surface area contributed by atoms with Crippen LogP contribution in [-0.4, -0.2) is 42.0 Å². The van der Waals surface area contributed by atoms with Gasteiger partial charge in [-0.1, -0.05) is 47.0 Å². The molecule has 3 aromatic carbocycles. The Morgan fingerprint density at radius 1 is 0.800 bits per heavy atom. The van der Waals surface area contributed by atoms with E-state index in [4.69, 9.17) is 28.2 Å². The summed E-state index contributed by atoms with van der Waals surface area (Å²) >= 11 is 12.3. The van der Waals surface area contributed by atoms with Crippen LogP contribution in [0.2, 0.25) is 10.0 Å². The zero-order valence-corrected chi connectivity index (χ0v) is 21.6. The van der Waals surface area contributed by atoms with Gasteiger partial charge in [0.2, 0.25) is 0 Å². The summed E-state index contributed by atoms with van der Waals surface area (Å²) in [7, 11) is 0. The average Bonchev–Trinajstić information content (AvgIpc) is 2.86. The van der Waals surface area contributed by atoms with Crippen LogP contribution >= 0.6 is 23.2 Å². The fourth-order valence-electron chi connectivity index (χ4n) is 4.59. The Morgan fingerprint density at radius 2 is 1.57 bits per heavy atom. The molecule has 1 amide bonds. The molecule has 0 aliphatic carbocycles. The molecule has 1 fully saturated rings. The summed E-state index contributed by atoms with van der Waals surface area (Å²) in [6.07, 6.45) is 0. The van der Waals surface area contributed by atoms with E-state index in [2.05, 4.69) is 43.0 Å². The molecule has 1 aliphatic heterocycles. The van der Waals surface area contributed by atoms with Crippen LogP contribution in [0.1, 0.15) is 27.0 Å². The Balaban J connectivity index is 1.46. The number of rotatable bonds is 3. The fourth-order valence-corrected chi connectivity index (χ4v) is 4.88. The molecular formula is C29H27Cl2N3O. The molecule has 1 aromatic heterocycles. The lowest BCUT2D eigenvalue weighted by Gasteiger charge is -2.36. The highest BCUT2D eigenvalue weighted by Gasteiger charge is 2.25. The molecule has 4 nitrogen and oxygen atoms in total. The third kappa shape index (κ3) is 4.73. The number of aromatic nitrogens is 1. The van der Waals surface area contributed by atoms with E-state index < -0.39 is 0 Å². The Hall–Kier alpha value is -3.08. The van der Waals surface area contributed by atoms with Gasteiger partial charge >= 0.3 is 0 Å². The molecule has 0 spiro atoms. The summed E-state index contributed by atoms with van der Waals surface area (Å²) in [4.78, 5) is 22.9. The third-order valence-electron chi connectivity index (χ3n) is 6.83. The third-order valence-corrected chi connectivity index (χ3v) is 7.57. The fraction of sp³-hybridized carbons (Fsp3) is 0.241. The molecule has 4 aromatic rings. The van der Waals surface area contributed by atoms with Crippen LogP contribution in [0.5, 0.6) is 0 Å². The summed E-state index contributed by atoms with van der Waals surface area (Å²) in [6.45, 7) is 8.97. The summed E-state index contributed by atoms with van der Waals surface area (Å²) in [5, 5.41) is 1.98. The van der Waals surface area contributed by atoms with Crippen molar-refractivity contribution in [2.45, 2.75) is 20.8 Å². The normalized spacial score (nSPS) is 14.0. The SMILES string of the molecule is Cc1ccc2nc(-c3ccc(C)c(C)c3)cc(C(=O)N3CCN(c4ccc(Cl)c(Cl)c4)CC3)c2c1. The quantitative estimate of drug-likeness (QED) is 0.299. The van der Waals surface area contributed by atoms with Crippen molar-refractivity contribution in [3.63, 3.8) is 0 Å². The number of carbonyl (C=O) groups excluding carboxylic acids is 1. The minimum Gasteiger partial charge on any atom is -0.368 e. The molecule has 0 unspecified atom stereocenters. The standard InChI is InChI=1S/C29H27Cl2N3O/c1-18-4-9-27-23(14-18)24(17-28(32-27)21-6-5-19(2)20(3)15-21)29(35)34-12-10-33(11-13-34)22-7-8-25(30)26(31)16-22/h4-9,14-17H,10-13H2,1-3H3. The summed E-state index contributed by atoms with van der Waals surface area (Å²) < 4.78 is 0. The first-order valence-electron chi connectivity index (χ1n) is 11.8. The number of pyridine rings is 1. The molecule has 2 heterocycles. The number of hydrogen-bond acceptors (Lipinski definition) is 3. The molecular weight excluding hydrogens is 477 g/mol. The second kappa shape index (κ2) is 9.52. The number of nitrogens with zero attached hydrogens (tertiary/aromatic N) is 3. The van der Waals surface area contributed by atoms with E-state index in [0.29, 0.717) is 28.7 Å². The van der Waals surface area contributed by atoms with Crippen LogP contribution in [0.3, 0.4) is 0 Å². The number of fused-ring (bicyclic) bond motifs is 1. The Kier molecular flexibility index (Phi) is 6.43. The molecule has 0 atom stereocenters. The molecule has 0 bridgehead atoms. The monoisotopic (exact) mass is 503 g/mol.